The van der Waals surface area contributed by atoms with Crippen LogP contribution in [0.4, 0.5) is 0 Å². The summed E-state index contributed by atoms with van der Waals surface area (Å²) in [6.45, 7) is 1.59. The second-order valence-corrected chi connectivity index (χ2v) is 3.63. The van der Waals surface area contributed by atoms with Gasteiger partial charge in [0.15, 0.2) is 0 Å². The minimum absolute atomic E-state index is 0.185. The standard InChI is InChI=1S/C12H15NO3/c1-8(13)11(12(15)16-2)7-9-3-5-10(14)6-4-9/h3-6,11,13-14H,7H2,1-2H3. The van der Waals surface area contributed by atoms with E-state index < -0.39 is 11.9 Å². The summed E-state index contributed by atoms with van der Waals surface area (Å²) >= 11 is 0. The van der Waals surface area contributed by atoms with Gasteiger partial charge in [0.2, 0.25) is 0 Å². The van der Waals surface area contributed by atoms with Gasteiger partial charge < -0.3 is 15.3 Å². The summed E-state index contributed by atoms with van der Waals surface area (Å²) in [5.74, 6) is -0.764. The molecule has 0 bridgehead atoms. The highest BCUT2D eigenvalue weighted by Gasteiger charge is 2.21. The van der Waals surface area contributed by atoms with Gasteiger partial charge in [0.1, 0.15) is 5.75 Å². The molecule has 1 atom stereocenters. The van der Waals surface area contributed by atoms with Gasteiger partial charge in [-0.25, -0.2) is 0 Å². The van der Waals surface area contributed by atoms with Gasteiger partial charge in [-0.1, -0.05) is 12.1 Å². The van der Waals surface area contributed by atoms with E-state index >= 15 is 0 Å². The molecule has 0 heterocycles. The largest absolute Gasteiger partial charge is 0.508 e. The van der Waals surface area contributed by atoms with Gasteiger partial charge in [0.05, 0.1) is 13.0 Å². The smallest absolute Gasteiger partial charge is 0.314 e. The van der Waals surface area contributed by atoms with Crippen LogP contribution < -0.4 is 0 Å². The van der Waals surface area contributed by atoms with E-state index in [-0.39, 0.29) is 11.5 Å². The SMILES string of the molecule is COC(=O)C(Cc1ccc(O)cc1)C(C)=N. The maximum Gasteiger partial charge on any atom is 0.314 e. The molecular weight excluding hydrogens is 206 g/mol. The molecule has 16 heavy (non-hydrogen) atoms. The normalized spacial score (nSPS) is 11.9. The summed E-state index contributed by atoms with van der Waals surface area (Å²) < 4.78 is 4.64. The number of hydrogen-bond acceptors (Lipinski definition) is 4. The third-order valence-corrected chi connectivity index (χ3v) is 2.38. The van der Waals surface area contributed by atoms with Gasteiger partial charge in [-0.2, -0.15) is 0 Å². The minimum Gasteiger partial charge on any atom is -0.508 e. The fourth-order valence-corrected chi connectivity index (χ4v) is 1.42. The maximum atomic E-state index is 11.4. The van der Waals surface area contributed by atoms with Crippen molar-refractivity contribution in [2.75, 3.05) is 7.11 Å². The van der Waals surface area contributed by atoms with Crippen molar-refractivity contribution in [3.8, 4) is 5.75 Å². The molecule has 86 valence electrons. The lowest BCUT2D eigenvalue weighted by molar-refractivity contribution is -0.143. The lowest BCUT2D eigenvalue weighted by Crippen LogP contribution is -2.25. The molecule has 1 unspecified atom stereocenters. The Morgan fingerprint density at radius 1 is 1.44 bits per heavy atom. The molecule has 0 amide bonds. The van der Waals surface area contributed by atoms with Crippen LogP contribution in [-0.2, 0) is 16.0 Å². The van der Waals surface area contributed by atoms with E-state index in [1.54, 1.807) is 31.2 Å². The van der Waals surface area contributed by atoms with Crippen LogP contribution >= 0.6 is 0 Å². The quantitative estimate of drug-likeness (QED) is 0.601. The van der Waals surface area contributed by atoms with Gasteiger partial charge in [-0.3, -0.25) is 4.79 Å². The number of rotatable bonds is 4. The number of esters is 1. The van der Waals surface area contributed by atoms with Gasteiger partial charge >= 0.3 is 5.97 Å². The number of phenolic OH excluding ortho intramolecular Hbond substituents is 1. The molecule has 0 fully saturated rings. The van der Waals surface area contributed by atoms with Crippen LogP contribution in [0.3, 0.4) is 0 Å². The van der Waals surface area contributed by atoms with Crippen molar-refractivity contribution in [2.45, 2.75) is 13.3 Å². The Hall–Kier alpha value is -1.84. The first-order valence-corrected chi connectivity index (χ1v) is 4.95. The molecule has 0 radical (unpaired) electrons. The fourth-order valence-electron chi connectivity index (χ4n) is 1.42. The second kappa shape index (κ2) is 5.30. The number of nitrogens with one attached hydrogen (secondary N) is 1. The second-order valence-electron chi connectivity index (χ2n) is 3.63. The van der Waals surface area contributed by atoms with Crippen molar-refractivity contribution in [1.82, 2.24) is 0 Å². The lowest BCUT2D eigenvalue weighted by Gasteiger charge is -2.13. The first-order chi connectivity index (χ1) is 7.54. The van der Waals surface area contributed by atoms with E-state index in [2.05, 4.69) is 4.74 Å². The third kappa shape index (κ3) is 3.08. The zero-order valence-electron chi connectivity index (χ0n) is 9.36. The van der Waals surface area contributed by atoms with E-state index in [4.69, 9.17) is 10.5 Å². The molecule has 0 spiro atoms. The summed E-state index contributed by atoms with van der Waals surface area (Å²) in [5.41, 5.74) is 1.17. The van der Waals surface area contributed by atoms with E-state index in [9.17, 15) is 4.79 Å². The number of hydrogen-bond donors (Lipinski definition) is 2. The van der Waals surface area contributed by atoms with Crippen molar-refractivity contribution >= 4 is 11.7 Å². The average Bonchev–Trinajstić information content (AvgIpc) is 2.27. The highest BCUT2D eigenvalue weighted by atomic mass is 16.5. The van der Waals surface area contributed by atoms with E-state index in [0.29, 0.717) is 6.42 Å². The predicted molar refractivity (Wildman–Crippen MR) is 60.7 cm³/mol. The predicted octanol–water partition coefficient (Wildman–Crippen LogP) is 1.76. The van der Waals surface area contributed by atoms with Crippen LogP contribution in [-0.4, -0.2) is 23.9 Å². The monoisotopic (exact) mass is 221 g/mol. The molecule has 2 N–H and O–H groups in total. The molecule has 1 rings (SSSR count). The Kier molecular flexibility index (Phi) is 4.05. The Morgan fingerprint density at radius 3 is 2.44 bits per heavy atom. The van der Waals surface area contributed by atoms with Crippen LogP contribution in [0.25, 0.3) is 0 Å². The number of aromatic hydroxyl groups is 1. The molecule has 0 aliphatic heterocycles. The summed E-state index contributed by atoms with van der Waals surface area (Å²) in [5, 5.41) is 16.6. The highest BCUT2D eigenvalue weighted by Crippen LogP contribution is 2.15. The first-order valence-electron chi connectivity index (χ1n) is 4.95. The van der Waals surface area contributed by atoms with Crippen molar-refractivity contribution in [2.24, 2.45) is 5.92 Å². The van der Waals surface area contributed by atoms with Gasteiger partial charge in [0, 0.05) is 5.71 Å². The van der Waals surface area contributed by atoms with E-state index in [1.165, 1.54) is 7.11 Å². The van der Waals surface area contributed by atoms with Gasteiger partial charge in [-0.05, 0) is 31.0 Å². The molecule has 0 aliphatic carbocycles. The van der Waals surface area contributed by atoms with Crippen molar-refractivity contribution in [3.05, 3.63) is 29.8 Å². The Labute approximate surface area is 94.4 Å². The van der Waals surface area contributed by atoms with Gasteiger partial charge in [0.25, 0.3) is 0 Å². The molecule has 0 saturated heterocycles. The highest BCUT2D eigenvalue weighted by molar-refractivity contribution is 5.99. The van der Waals surface area contributed by atoms with Crippen molar-refractivity contribution in [3.63, 3.8) is 0 Å². The van der Waals surface area contributed by atoms with Crippen LogP contribution in [0.2, 0.25) is 0 Å². The number of carbonyl (C=O) groups excluding carboxylic acids is 1. The summed E-state index contributed by atoms with van der Waals surface area (Å²) in [6.07, 6.45) is 0.419. The van der Waals surface area contributed by atoms with Crippen LogP contribution in [0.15, 0.2) is 24.3 Å². The Balaban J connectivity index is 2.80. The summed E-state index contributed by atoms with van der Waals surface area (Å²) in [4.78, 5) is 11.4. The fraction of sp³-hybridized carbons (Fsp3) is 0.333. The zero-order chi connectivity index (χ0) is 12.1. The summed E-state index contributed by atoms with van der Waals surface area (Å²) in [6, 6.07) is 6.58. The van der Waals surface area contributed by atoms with Crippen LogP contribution in [0, 0.1) is 11.3 Å². The summed E-state index contributed by atoms with van der Waals surface area (Å²) in [7, 11) is 1.31. The Morgan fingerprint density at radius 2 is 2.00 bits per heavy atom. The zero-order valence-corrected chi connectivity index (χ0v) is 9.36. The molecular formula is C12H15NO3. The maximum absolute atomic E-state index is 11.4. The third-order valence-electron chi connectivity index (χ3n) is 2.38. The minimum atomic E-state index is -0.547. The number of phenols is 1. The molecule has 1 aromatic carbocycles. The molecule has 0 saturated carbocycles. The Bertz CT molecular complexity index is 384. The van der Waals surface area contributed by atoms with Crippen molar-refractivity contribution in [1.29, 1.82) is 5.41 Å². The van der Waals surface area contributed by atoms with E-state index in [1.807, 2.05) is 0 Å². The number of carbonyl (C=O) groups is 1. The number of ether oxygens (including phenoxy) is 1. The molecule has 1 aromatic rings. The number of benzene rings is 1. The molecule has 0 aliphatic rings. The van der Waals surface area contributed by atoms with Crippen molar-refractivity contribution < 1.29 is 14.6 Å². The van der Waals surface area contributed by atoms with E-state index in [0.717, 1.165) is 5.56 Å². The molecule has 4 nitrogen and oxygen atoms in total. The topological polar surface area (TPSA) is 70.4 Å². The first kappa shape index (κ1) is 12.2. The average molecular weight is 221 g/mol. The van der Waals surface area contributed by atoms with Crippen LogP contribution in [0.1, 0.15) is 12.5 Å². The number of methoxy groups -OCH3 is 1. The molecule has 0 aromatic heterocycles. The molecule has 4 heteroatoms. The lowest BCUT2D eigenvalue weighted by atomic mass is 9.95. The van der Waals surface area contributed by atoms with Gasteiger partial charge in [-0.15, -0.1) is 0 Å². The van der Waals surface area contributed by atoms with Crippen LogP contribution in [0.5, 0.6) is 5.75 Å².